The molecule has 6 nitrogen and oxygen atoms in total. The van der Waals surface area contributed by atoms with Crippen molar-refractivity contribution in [2.24, 2.45) is 0 Å². The Morgan fingerprint density at radius 2 is 1.76 bits per heavy atom. The number of anilines is 1. The molecule has 0 radical (unpaired) electrons. The van der Waals surface area contributed by atoms with Crippen molar-refractivity contribution in [1.29, 1.82) is 0 Å². The van der Waals surface area contributed by atoms with Gasteiger partial charge in [-0.25, -0.2) is 0 Å². The third kappa shape index (κ3) is 4.57. The number of thiazole rings is 1. The SMILES string of the molecule is Cc1cc(C)c(NC(=O)CN(C)C(=O)Cn2c(C)csc2=O)c(C)c1. The molecular weight excluding hydrogens is 338 g/mol. The minimum Gasteiger partial charge on any atom is -0.335 e. The number of carbonyl (C=O) groups is 2. The maximum atomic E-state index is 12.3. The second kappa shape index (κ2) is 7.65. The fraction of sp³-hybridized carbons (Fsp3) is 0.389. The maximum absolute atomic E-state index is 12.3. The first kappa shape index (κ1) is 18.9. The van der Waals surface area contributed by atoms with Crippen molar-refractivity contribution in [2.45, 2.75) is 34.2 Å². The summed E-state index contributed by atoms with van der Waals surface area (Å²) in [7, 11) is 1.56. The average Bonchev–Trinajstić information content (AvgIpc) is 2.82. The van der Waals surface area contributed by atoms with Crippen LogP contribution in [-0.2, 0) is 16.1 Å². The van der Waals surface area contributed by atoms with Crippen molar-refractivity contribution in [2.75, 3.05) is 18.9 Å². The molecule has 0 aliphatic carbocycles. The van der Waals surface area contributed by atoms with E-state index in [0.717, 1.165) is 39.4 Å². The normalized spacial score (nSPS) is 10.6. The molecule has 0 saturated heterocycles. The van der Waals surface area contributed by atoms with E-state index in [1.54, 1.807) is 19.4 Å². The highest BCUT2D eigenvalue weighted by atomic mass is 32.1. The van der Waals surface area contributed by atoms with Crippen LogP contribution in [0.2, 0.25) is 0 Å². The summed E-state index contributed by atoms with van der Waals surface area (Å²) >= 11 is 1.06. The number of aryl methyl sites for hydroxylation is 4. The zero-order chi connectivity index (χ0) is 18.7. The fourth-order valence-electron chi connectivity index (χ4n) is 2.71. The highest BCUT2D eigenvalue weighted by Gasteiger charge is 2.16. The van der Waals surface area contributed by atoms with Gasteiger partial charge in [-0.3, -0.25) is 19.0 Å². The molecule has 1 aromatic heterocycles. The number of benzene rings is 1. The van der Waals surface area contributed by atoms with E-state index in [9.17, 15) is 14.4 Å². The Kier molecular flexibility index (Phi) is 5.79. The highest BCUT2D eigenvalue weighted by Crippen LogP contribution is 2.21. The van der Waals surface area contributed by atoms with Crippen LogP contribution in [0.5, 0.6) is 0 Å². The molecule has 0 atom stereocenters. The van der Waals surface area contributed by atoms with Crippen molar-refractivity contribution in [3.05, 3.63) is 49.6 Å². The molecule has 1 heterocycles. The van der Waals surface area contributed by atoms with Crippen LogP contribution >= 0.6 is 11.3 Å². The molecule has 2 amide bonds. The van der Waals surface area contributed by atoms with Gasteiger partial charge in [0.05, 0.1) is 6.54 Å². The van der Waals surface area contributed by atoms with Gasteiger partial charge < -0.3 is 10.2 Å². The van der Waals surface area contributed by atoms with E-state index in [1.165, 1.54) is 9.47 Å². The summed E-state index contributed by atoms with van der Waals surface area (Å²) in [5.74, 6) is -0.545. The summed E-state index contributed by atoms with van der Waals surface area (Å²) in [5, 5.41) is 4.59. The third-order valence-electron chi connectivity index (χ3n) is 4.02. The van der Waals surface area contributed by atoms with Gasteiger partial charge in [-0.15, -0.1) is 0 Å². The van der Waals surface area contributed by atoms with Crippen LogP contribution in [0.3, 0.4) is 0 Å². The van der Waals surface area contributed by atoms with Crippen molar-refractivity contribution < 1.29 is 9.59 Å². The predicted octanol–water partition coefficient (Wildman–Crippen LogP) is 2.24. The fourth-order valence-corrected chi connectivity index (χ4v) is 3.45. The van der Waals surface area contributed by atoms with Gasteiger partial charge in [0.25, 0.3) is 0 Å². The molecule has 0 bridgehead atoms. The summed E-state index contributed by atoms with van der Waals surface area (Å²) in [6.07, 6.45) is 0. The monoisotopic (exact) mass is 361 g/mol. The van der Waals surface area contributed by atoms with Gasteiger partial charge in [-0.1, -0.05) is 29.0 Å². The summed E-state index contributed by atoms with van der Waals surface area (Å²) < 4.78 is 1.41. The van der Waals surface area contributed by atoms with Gasteiger partial charge in [0.1, 0.15) is 6.54 Å². The number of hydrogen-bond acceptors (Lipinski definition) is 4. The molecule has 2 rings (SSSR count). The molecule has 134 valence electrons. The second-order valence-electron chi connectivity index (χ2n) is 6.30. The van der Waals surface area contributed by atoms with Crippen LogP contribution in [0.15, 0.2) is 22.3 Å². The molecule has 0 saturated carbocycles. The van der Waals surface area contributed by atoms with E-state index in [4.69, 9.17) is 0 Å². The van der Waals surface area contributed by atoms with Crippen LogP contribution in [0.1, 0.15) is 22.4 Å². The van der Waals surface area contributed by atoms with Crippen molar-refractivity contribution in [1.82, 2.24) is 9.47 Å². The van der Waals surface area contributed by atoms with E-state index in [0.29, 0.717) is 0 Å². The van der Waals surface area contributed by atoms with Crippen molar-refractivity contribution in [3.8, 4) is 0 Å². The summed E-state index contributed by atoms with van der Waals surface area (Å²) in [5.41, 5.74) is 4.63. The summed E-state index contributed by atoms with van der Waals surface area (Å²) in [4.78, 5) is 37.4. The number of nitrogens with one attached hydrogen (secondary N) is 1. The van der Waals surface area contributed by atoms with Crippen molar-refractivity contribution in [3.63, 3.8) is 0 Å². The number of carbonyl (C=O) groups excluding carboxylic acids is 2. The molecular formula is C18H23N3O3S. The first-order valence-corrected chi connectivity index (χ1v) is 8.83. The quantitative estimate of drug-likeness (QED) is 0.888. The molecule has 0 unspecified atom stereocenters. The van der Waals surface area contributed by atoms with Gasteiger partial charge in [-0.2, -0.15) is 0 Å². The number of rotatable bonds is 5. The maximum Gasteiger partial charge on any atom is 0.307 e. The Hall–Kier alpha value is -2.41. The lowest BCUT2D eigenvalue weighted by Gasteiger charge is -2.19. The lowest BCUT2D eigenvalue weighted by atomic mass is 10.1. The number of hydrogen-bond donors (Lipinski definition) is 1. The van der Waals surface area contributed by atoms with Gasteiger partial charge in [0, 0.05) is 23.8 Å². The molecule has 1 N–H and O–H groups in total. The van der Waals surface area contributed by atoms with Crippen LogP contribution < -0.4 is 10.2 Å². The standard InChI is InChI=1S/C18H23N3O3S/c1-11-6-12(2)17(13(3)7-11)19-15(22)8-20(5)16(23)9-21-14(4)10-25-18(21)24/h6-7,10H,8-9H2,1-5H3,(H,19,22). The number of likely N-dealkylation sites (N-methyl/N-ethyl adjacent to an activating group) is 1. The minimum atomic E-state index is -0.281. The van der Waals surface area contributed by atoms with Crippen LogP contribution in [-0.4, -0.2) is 34.9 Å². The molecule has 2 aromatic rings. The van der Waals surface area contributed by atoms with E-state index < -0.39 is 0 Å². The summed E-state index contributed by atoms with van der Waals surface area (Å²) in [6, 6.07) is 4.01. The Labute approximate surface area is 151 Å². The Balaban J connectivity index is 2.00. The Bertz CT molecular complexity index is 844. The molecule has 7 heteroatoms. The molecule has 0 aliphatic rings. The van der Waals surface area contributed by atoms with Gasteiger partial charge in [0.15, 0.2) is 0 Å². The third-order valence-corrected chi connectivity index (χ3v) is 4.90. The smallest absolute Gasteiger partial charge is 0.307 e. The molecule has 25 heavy (non-hydrogen) atoms. The lowest BCUT2D eigenvalue weighted by molar-refractivity contribution is -0.133. The van der Waals surface area contributed by atoms with Crippen molar-refractivity contribution >= 4 is 28.8 Å². The van der Waals surface area contributed by atoms with E-state index >= 15 is 0 Å². The van der Waals surface area contributed by atoms with Crippen LogP contribution in [0.25, 0.3) is 0 Å². The molecule has 1 aromatic carbocycles. The Morgan fingerprint density at radius 3 is 2.28 bits per heavy atom. The van der Waals surface area contributed by atoms with E-state index in [-0.39, 0.29) is 29.8 Å². The molecule has 0 fully saturated rings. The van der Waals surface area contributed by atoms with E-state index in [2.05, 4.69) is 5.32 Å². The minimum absolute atomic E-state index is 0.0550. The zero-order valence-electron chi connectivity index (χ0n) is 15.2. The number of nitrogens with zero attached hydrogens (tertiary/aromatic N) is 2. The topological polar surface area (TPSA) is 71.4 Å². The second-order valence-corrected chi connectivity index (χ2v) is 7.12. The Morgan fingerprint density at radius 1 is 1.16 bits per heavy atom. The average molecular weight is 361 g/mol. The van der Waals surface area contributed by atoms with Gasteiger partial charge >= 0.3 is 4.87 Å². The zero-order valence-corrected chi connectivity index (χ0v) is 16.0. The van der Waals surface area contributed by atoms with E-state index in [1.807, 2.05) is 32.9 Å². The number of aromatic nitrogens is 1. The summed E-state index contributed by atoms with van der Waals surface area (Å²) in [6.45, 7) is 7.55. The molecule has 0 aliphatic heterocycles. The number of amides is 2. The highest BCUT2D eigenvalue weighted by molar-refractivity contribution is 7.07. The predicted molar refractivity (Wildman–Crippen MR) is 100 cm³/mol. The molecule has 0 spiro atoms. The van der Waals surface area contributed by atoms with Gasteiger partial charge in [-0.05, 0) is 38.8 Å². The van der Waals surface area contributed by atoms with Crippen LogP contribution in [0, 0.1) is 27.7 Å². The first-order valence-electron chi connectivity index (χ1n) is 7.95. The largest absolute Gasteiger partial charge is 0.335 e. The lowest BCUT2D eigenvalue weighted by Crippen LogP contribution is -2.38. The first-order chi connectivity index (χ1) is 11.7. The van der Waals surface area contributed by atoms with Gasteiger partial charge in [0.2, 0.25) is 11.8 Å². The van der Waals surface area contributed by atoms with Crippen LogP contribution in [0.4, 0.5) is 5.69 Å².